The van der Waals surface area contributed by atoms with Gasteiger partial charge in [0.15, 0.2) is 17.5 Å². The van der Waals surface area contributed by atoms with Crippen molar-refractivity contribution in [3.63, 3.8) is 0 Å². The largest absolute Gasteiger partial charge is 0.208 e. The molecule has 0 bridgehead atoms. The van der Waals surface area contributed by atoms with Crippen molar-refractivity contribution >= 4 is 32.3 Å². The molecule has 1 heterocycles. The molecule has 0 radical (unpaired) electrons. The molecular formula is C45H29N3. The molecule has 3 heteroatoms. The first kappa shape index (κ1) is 27.8. The van der Waals surface area contributed by atoms with Crippen LogP contribution < -0.4 is 0 Å². The van der Waals surface area contributed by atoms with Crippen molar-refractivity contribution in [3.8, 4) is 56.4 Å². The molecule has 0 saturated carbocycles. The monoisotopic (exact) mass is 611 g/mol. The highest BCUT2D eigenvalue weighted by atomic mass is 15.0. The molecule has 8 aromatic carbocycles. The van der Waals surface area contributed by atoms with Crippen molar-refractivity contribution in [2.45, 2.75) is 0 Å². The fourth-order valence-corrected chi connectivity index (χ4v) is 6.74. The Morgan fingerprint density at radius 1 is 0.250 bits per heavy atom. The number of benzene rings is 8. The van der Waals surface area contributed by atoms with Crippen LogP contribution >= 0.6 is 0 Å². The van der Waals surface area contributed by atoms with Crippen LogP contribution in [-0.2, 0) is 0 Å². The molecule has 0 saturated heterocycles. The number of rotatable bonds is 5. The predicted molar refractivity (Wildman–Crippen MR) is 200 cm³/mol. The van der Waals surface area contributed by atoms with Gasteiger partial charge in [-0.25, -0.2) is 15.0 Å². The molecule has 1 aromatic heterocycles. The number of nitrogens with zero attached hydrogens (tertiary/aromatic N) is 3. The molecule has 9 aromatic rings. The van der Waals surface area contributed by atoms with E-state index in [-0.39, 0.29) is 0 Å². The number of hydrogen-bond donors (Lipinski definition) is 0. The average molecular weight is 612 g/mol. The molecule has 0 aliphatic rings. The molecule has 0 amide bonds. The second-order valence-electron chi connectivity index (χ2n) is 12.0. The highest BCUT2D eigenvalue weighted by Crippen LogP contribution is 2.34. The van der Waals surface area contributed by atoms with Gasteiger partial charge >= 0.3 is 0 Å². The summed E-state index contributed by atoms with van der Waals surface area (Å²) in [6.07, 6.45) is 0. The molecule has 0 spiro atoms. The number of aromatic nitrogens is 3. The minimum Gasteiger partial charge on any atom is -0.208 e. The molecular weight excluding hydrogens is 583 g/mol. The van der Waals surface area contributed by atoms with Crippen LogP contribution in [0.2, 0.25) is 0 Å². The first-order chi connectivity index (χ1) is 23.8. The fourth-order valence-electron chi connectivity index (χ4n) is 6.74. The standard InChI is InChI=1S/C45H29N3/c1-4-19-37-31(11-1)14-8-22-38(37)34-27-25-30(26-28-34)35-17-7-18-36(29-35)43-46-44(41-23-9-15-32-12-2-5-20-39(32)41)48-45(47-43)42-24-10-16-33-13-3-6-21-40(33)42/h1-29H. The van der Waals surface area contributed by atoms with Crippen LogP contribution in [0.3, 0.4) is 0 Å². The summed E-state index contributed by atoms with van der Waals surface area (Å²) in [6, 6.07) is 61.7. The third kappa shape index (κ3) is 4.99. The van der Waals surface area contributed by atoms with E-state index < -0.39 is 0 Å². The third-order valence-electron chi connectivity index (χ3n) is 9.14. The van der Waals surface area contributed by atoms with Gasteiger partial charge in [-0.1, -0.05) is 170 Å². The lowest BCUT2D eigenvalue weighted by atomic mass is 9.96. The van der Waals surface area contributed by atoms with Gasteiger partial charge in [-0.2, -0.15) is 0 Å². The Balaban J connectivity index is 1.17. The molecule has 0 N–H and O–H groups in total. The van der Waals surface area contributed by atoms with Crippen LogP contribution in [-0.4, -0.2) is 15.0 Å². The van der Waals surface area contributed by atoms with E-state index in [4.69, 9.17) is 15.0 Å². The molecule has 9 rings (SSSR count). The Hall–Kier alpha value is -6.45. The first-order valence-electron chi connectivity index (χ1n) is 16.2. The van der Waals surface area contributed by atoms with Crippen LogP contribution in [0.5, 0.6) is 0 Å². The average Bonchev–Trinajstić information content (AvgIpc) is 3.17. The summed E-state index contributed by atoms with van der Waals surface area (Å²) < 4.78 is 0. The molecule has 0 atom stereocenters. The zero-order valence-electron chi connectivity index (χ0n) is 26.1. The second kappa shape index (κ2) is 11.7. The van der Waals surface area contributed by atoms with Gasteiger partial charge in [0.1, 0.15) is 0 Å². The molecule has 0 fully saturated rings. The summed E-state index contributed by atoms with van der Waals surface area (Å²) in [5.41, 5.74) is 7.59. The first-order valence-corrected chi connectivity index (χ1v) is 16.2. The van der Waals surface area contributed by atoms with Crippen molar-refractivity contribution in [2.24, 2.45) is 0 Å². The van der Waals surface area contributed by atoms with Gasteiger partial charge < -0.3 is 0 Å². The normalized spacial score (nSPS) is 11.3. The molecule has 0 aliphatic carbocycles. The van der Waals surface area contributed by atoms with E-state index in [9.17, 15) is 0 Å². The SMILES string of the molecule is c1cc(-c2ccc(-c3cccc4ccccc34)cc2)cc(-c2nc(-c3cccc4ccccc34)nc(-c3cccc4ccccc34)n2)c1. The Kier molecular flexibility index (Phi) is 6.80. The lowest BCUT2D eigenvalue weighted by Crippen LogP contribution is -2.01. The summed E-state index contributed by atoms with van der Waals surface area (Å²) in [5.74, 6) is 1.96. The minimum absolute atomic E-state index is 0.644. The second-order valence-corrected chi connectivity index (χ2v) is 12.0. The topological polar surface area (TPSA) is 38.7 Å². The van der Waals surface area contributed by atoms with E-state index >= 15 is 0 Å². The van der Waals surface area contributed by atoms with Crippen molar-refractivity contribution in [1.29, 1.82) is 0 Å². The Labute approximate surface area is 278 Å². The molecule has 48 heavy (non-hydrogen) atoms. The Morgan fingerprint density at radius 2 is 0.646 bits per heavy atom. The van der Waals surface area contributed by atoms with E-state index in [1.165, 1.54) is 21.9 Å². The molecule has 3 nitrogen and oxygen atoms in total. The van der Waals surface area contributed by atoms with Gasteiger partial charge in [-0.15, -0.1) is 0 Å². The number of hydrogen-bond acceptors (Lipinski definition) is 3. The van der Waals surface area contributed by atoms with Crippen LogP contribution in [0.4, 0.5) is 0 Å². The highest BCUT2D eigenvalue weighted by molar-refractivity contribution is 5.98. The fraction of sp³-hybridized carbons (Fsp3) is 0. The molecule has 0 aliphatic heterocycles. The minimum atomic E-state index is 0.644. The molecule has 224 valence electrons. The lowest BCUT2D eigenvalue weighted by molar-refractivity contribution is 1.08. The van der Waals surface area contributed by atoms with Gasteiger partial charge in [0.05, 0.1) is 0 Å². The summed E-state index contributed by atoms with van der Waals surface area (Å²) >= 11 is 0. The van der Waals surface area contributed by atoms with Gasteiger partial charge in [0.25, 0.3) is 0 Å². The van der Waals surface area contributed by atoms with E-state index in [2.05, 4.69) is 176 Å². The summed E-state index contributed by atoms with van der Waals surface area (Å²) in [4.78, 5) is 15.4. The van der Waals surface area contributed by atoms with Crippen molar-refractivity contribution in [1.82, 2.24) is 15.0 Å². The maximum absolute atomic E-state index is 5.12. The van der Waals surface area contributed by atoms with Crippen LogP contribution in [0.25, 0.3) is 88.7 Å². The van der Waals surface area contributed by atoms with Gasteiger partial charge in [-0.05, 0) is 60.6 Å². The quantitative estimate of drug-likeness (QED) is 0.194. The Bertz CT molecular complexity index is 2510. The van der Waals surface area contributed by atoms with Crippen molar-refractivity contribution < 1.29 is 0 Å². The van der Waals surface area contributed by atoms with Crippen molar-refractivity contribution in [3.05, 3.63) is 176 Å². The number of fused-ring (bicyclic) bond motifs is 3. The van der Waals surface area contributed by atoms with E-state index in [1.807, 2.05) is 0 Å². The van der Waals surface area contributed by atoms with E-state index in [1.54, 1.807) is 0 Å². The van der Waals surface area contributed by atoms with E-state index in [0.29, 0.717) is 17.5 Å². The molecule has 0 unspecified atom stereocenters. The predicted octanol–water partition coefficient (Wildman–Crippen LogP) is 11.7. The smallest absolute Gasteiger partial charge is 0.164 e. The third-order valence-corrected chi connectivity index (χ3v) is 9.14. The van der Waals surface area contributed by atoms with Gasteiger partial charge in [0.2, 0.25) is 0 Å². The highest BCUT2D eigenvalue weighted by Gasteiger charge is 2.16. The maximum atomic E-state index is 5.12. The summed E-state index contributed by atoms with van der Waals surface area (Å²) in [7, 11) is 0. The van der Waals surface area contributed by atoms with Crippen molar-refractivity contribution in [2.75, 3.05) is 0 Å². The Morgan fingerprint density at radius 3 is 1.21 bits per heavy atom. The maximum Gasteiger partial charge on any atom is 0.164 e. The van der Waals surface area contributed by atoms with E-state index in [0.717, 1.165) is 49.4 Å². The lowest BCUT2D eigenvalue weighted by Gasteiger charge is -2.12. The van der Waals surface area contributed by atoms with Crippen LogP contribution in [0.1, 0.15) is 0 Å². The van der Waals surface area contributed by atoms with Crippen LogP contribution in [0, 0.1) is 0 Å². The zero-order chi connectivity index (χ0) is 31.9. The van der Waals surface area contributed by atoms with Gasteiger partial charge in [-0.3, -0.25) is 0 Å². The summed E-state index contributed by atoms with van der Waals surface area (Å²) in [5, 5.41) is 7.03. The van der Waals surface area contributed by atoms with Gasteiger partial charge in [0, 0.05) is 16.7 Å². The van der Waals surface area contributed by atoms with Crippen LogP contribution in [0.15, 0.2) is 176 Å². The zero-order valence-corrected chi connectivity index (χ0v) is 26.1. The summed E-state index contributed by atoms with van der Waals surface area (Å²) in [6.45, 7) is 0.